The average Bonchev–Trinajstić information content (AvgIpc) is 3.43. The van der Waals surface area contributed by atoms with Gasteiger partial charge in [-0.2, -0.15) is 0 Å². The Hall–Kier alpha value is -5.86. The van der Waals surface area contributed by atoms with E-state index in [0.29, 0.717) is 23.7 Å². The second-order valence-electron chi connectivity index (χ2n) is 21.4. The number of hydrogen-bond donors (Lipinski definition) is 0. The average molecular weight is 891 g/mol. The molecule has 0 heterocycles. The smallest absolute Gasteiger partial charge is 0.0546 e. The molecule has 8 aromatic carbocycles. The Kier molecular flexibility index (Phi) is 12.5. The zero-order valence-corrected chi connectivity index (χ0v) is 40.4. The van der Waals surface area contributed by atoms with Crippen molar-refractivity contribution in [3.63, 3.8) is 0 Å². The van der Waals surface area contributed by atoms with E-state index in [1.165, 1.54) is 217 Å². The summed E-state index contributed by atoms with van der Waals surface area (Å²) >= 11 is 0. The molecule has 0 bridgehead atoms. The molecule has 4 fully saturated rings. The van der Waals surface area contributed by atoms with Crippen molar-refractivity contribution in [2.75, 3.05) is 9.80 Å². The molecule has 0 N–H and O–H groups in total. The summed E-state index contributed by atoms with van der Waals surface area (Å²) in [5.74, 6) is 2.69. The highest BCUT2D eigenvalue weighted by Gasteiger charge is 2.25. The highest BCUT2D eigenvalue weighted by atomic mass is 15.2. The van der Waals surface area contributed by atoms with Crippen LogP contribution in [0.15, 0.2) is 158 Å². The Labute approximate surface area is 406 Å². The molecule has 68 heavy (non-hydrogen) atoms. The van der Waals surface area contributed by atoms with Crippen molar-refractivity contribution in [2.24, 2.45) is 0 Å². The number of rotatable bonds is 10. The van der Waals surface area contributed by atoms with Crippen LogP contribution in [0.25, 0.3) is 32.3 Å². The summed E-state index contributed by atoms with van der Waals surface area (Å²) in [5, 5.41) is 7.70. The molecule has 0 unspecified atom stereocenters. The highest BCUT2D eigenvalue weighted by molar-refractivity contribution is 6.24. The molecule has 4 aliphatic carbocycles. The van der Waals surface area contributed by atoms with Crippen molar-refractivity contribution in [3.05, 3.63) is 180 Å². The number of benzene rings is 8. The van der Waals surface area contributed by atoms with Crippen LogP contribution in [0.5, 0.6) is 0 Å². The van der Waals surface area contributed by atoms with Gasteiger partial charge in [0.25, 0.3) is 0 Å². The molecule has 4 saturated carbocycles. The van der Waals surface area contributed by atoms with Crippen LogP contribution in [0.2, 0.25) is 0 Å². The van der Waals surface area contributed by atoms with Crippen molar-refractivity contribution in [1.29, 1.82) is 0 Å². The minimum Gasteiger partial charge on any atom is -0.310 e. The van der Waals surface area contributed by atoms with Crippen LogP contribution in [0, 0.1) is 0 Å². The minimum absolute atomic E-state index is 0.673. The molecular weight excluding hydrogens is 821 g/mol. The molecule has 2 heteroatoms. The first kappa shape index (κ1) is 43.4. The van der Waals surface area contributed by atoms with E-state index in [2.05, 4.69) is 168 Å². The molecule has 344 valence electrons. The van der Waals surface area contributed by atoms with E-state index in [4.69, 9.17) is 0 Å². The van der Waals surface area contributed by atoms with Crippen LogP contribution in [0.3, 0.4) is 0 Å². The topological polar surface area (TPSA) is 6.48 Å². The molecular formula is C66H70N2. The quantitative estimate of drug-likeness (QED) is 0.126. The Bertz CT molecular complexity index is 2630. The van der Waals surface area contributed by atoms with Gasteiger partial charge in [-0.05, 0) is 180 Å². The van der Waals surface area contributed by atoms with Crippen LogP contribution >= 0.6 is 0 Å². The van der Waals surface area contributed by atoms with Gasteiger partial charge < -0.3 is 9.80 Å². The van der Waals surface area contributed by atoms with E-state index in [-0.39, 0.29) is 0 Å². The Balaban J connectivity index is 1.02. The van der Waals surface area contributed by atoms with Crippen molar-refractivity contribution in [3.8, 4) is 0 Å². The fourth-order valence-electron chi connectivity index (χ4n) is 13.5. The zero-order chi connectivity index (χ0) is 45.2. The summed E-state index contributed by atoms with van der Waals surface area (Å²) in [6, 6.07) is 62.3. The zero-order valence-electron chi connectivity index (χ0n) is 40.4. The lowest BCUT2D eigenvalue weighted by molar-refractivity contribution is 0.443. The summed E-state index contributed by atoms with van der Waals surface area (Å²) in [5.41, 5.74) is 13.4. The fourth-order valence-corrected chi connectivity index (χ4v) is 13.5. The van der Waals surface area contributed by atoms with Crippen LogP contribution in [0.4, 0.5) is 34.1 Å². The molecule has 0 aliphatic heterocycles. The van der Waals surface area contributed by atoms with Gasteiger partial charge in [0.05, 0.1) is 11.4 Å². The summed E-state index contributed by atoms with van der Waals surface area (Å²) < 4.78 is 0. The second-order valence-corrected chi connectivity index (χ2v) is 21.4. The molecule has 0 amide bonds. The van der Waals surface area contributed by atoms with Crippen LogP contribution < -0.4 is 9.80 Å². The Morgan fingerprint density at radius 3 is 0.721 bits per heavy atom. The van der Waals surface area contributed by atoms with Crippen LogP contribution in [-0.4, -0.2) is 0 Å². The van der Waals surface area contributed by atoms with Gasteiger partial charge in [0.1, 0.15) is 0 Å². The molecule has 4 aliphatic rings. The van der Waals surface area contributed by atoms with E-state index < -0.39 is 0 Å². The van der Waals surface area contributed by atoms with E-state index in [1.54, 1.807) is 0 Å². The third kappa shape index (κ3) is 8.63. The van der Waals surface area contributed by atoms with Gasteiger partial charge in [0.15, 0.2) is 0 Å². The highest BCUT2D eigenvalue weighted by Crippen LogP contribution is 2.49. The minimum atomic E-state index is 0.673. The Morgan fingerprint density at radius 2 is 0.471 bits per heavy atom. The van der Waals surface area contributed by atoms with E-state index in [9.17, 15) is 0 Å². The van der Waals surface area contributed by atoms with Crippen molar-refractivity contribution in [2.45, 2.75) is 152 Å². The van der Waals surface area contributed by atoms with Crippen LogP contribution in [0.1, 0.15) is 174 Å². The summed E-state index contributed by atoms with van der Waals surface area (Å²) in [6.07, 6.45) is 26.8. The molecule has 2 nitrogen and oxygen atoms in total. The maximum atomic E-state index is 2.56. The van der Waals surface area contributed by atoms with Crippen molar-refractivity contribution < 1.29 is 0 Å². The molecule has 8 aromatic rings. The van der Waals surface area contributed by atoms with Crippen molar-refractivity contribution in [1.82, 2.24) is 0 Å². The molecule has 0 atom stereocenters. The first-order chi connectivity index (χ1) is 33.7. The summed E-state index contributed by atoms with van der Waals surface area (Å²) in [6.45, 7) is 0. The SMILES string of the molecule is c1ccc2c(c1)c(N(c1ccc(C3CCCCC3)cc1)c1ccc(C3CCCCC3)cc1)cc1c3ccccc3c(N(c3ccc(C4CCCCC4)cc3)c3ccc(C4CCCCC4)cc3)cc21. The van der Waals surface area contributed by atoms with Gasteiger partial charge in [-0.25, -0.2) is 0 Å². The lowest BCUT2D eigenvalue weighted by Gasteiger charge is -2.31. The van der Waals surface area contributed by atoms with Gasteiger partial charge >= 0.3 is 0 Å². The lowest BCUT2D eigenvalue weighted by atomic mass is 9.84. The normalized spacial score (nSPS) is 18.1. The van der Waals surface area contributed by atoms with Crippen LogP contribution in [-0.2, 0) is 0 Å². The van der Waals surface area contributed by atoms with Gasteiger partial charge in [-0.15, -0.1) is 0 Å². The molecule has 0 saturated heterocycles. The number of fused-ring (bicyclic) bond motifs is 5. The first-order valence-electron chi connectivity index (χ1n) is 27.1. The Morgan fingerprint density at radius 1 is 0.235 bits per heavy atom. The monoisotopic (exact) mass is 891 g/mol. The second kappa shape index (κ2) is 19.6. The summed E-state index contributed by atoms with van der Waals surface area (Å²) in [4.78, 5) is 5.13. The third-order valence-electron chi connectivity index (χ3n) is 17.2. The van der Waals surface area contributed by atoms with Gasteiger partial charge in [-0.3, -0.25) is 0 Å². The molecule has 0 aromatic heterocycles. The van der Waals surface area contributed by atoms with E-state index >= 15 is 0 Å². The summed E-state index contributed by atoms with van der Waals surface area (Å²) in [7, 11) is 0. The lowest BCUT2D eigenvalue weighted by Crippen LogP contribution is -2.13. The fraction of sp³-hybridized carbons (Fsp3) is 0.364. The van der Waals surface area contributed by atoms with Gasteiger partial charge in [0, 0.05) is 33.5 Å². The standard InChI is InChI=1S/C66H70N2/c1-5-17-47(18-6-1)51-29-37-55(38-30-51)67(56-39-31-52(32-40-56)48-19-7-2-8-20-48)65-45-63-60-26-14-16-28-62(60)66(46-64(63)59-25-13-15-27-61(59)65)68(57-41-33-53(34-42-57)49-21-9-3-10-22-49)58-43-35-54(36-44-58)50-23-11-4-12-24-50/h13-16,25-50H,1-12,17-24H2. The maximum absolute atomic E-state index is 2.56. The van der Waals surface area contributed by atoms with E-state index in [0.717, 1.165) is 0 Å². The molecule has 0 spiro atoms. The predicted molar refractivity (Wildman–Crippen MR) is 292 cm³/mol. The number of hydrogen-bond acceptors (Lipinski definition) is 2. The van der Waals surface area contributed by atoms with Gasteiger partial charge in [-0.1, -0.05) is 174 Å². The third-order valence-corrected chi connectivity index (χ3v) is 17.2. The van der Waals surface area contributed by atoms with Crippen molar-refractivity contribution >= 4 is 66.4 Å². The molecule has 0 radical (unpaired) electrons. The van der Waals surface area contributed by atoms with E-state index in [1.807, 2.05) is 0 Å². The molecule has 12 rings (SSSR count). The maximum Gasteiger partial charge on any atom is 0.0546 e. The number of nitrogens with zero attached hydrogens (tertiary/aromatic N) is 2. The number of anilines is 6. The predicted octanol–water partition coefficient (Wildman–Crippen LogP) is 20.3. The van der Waals surface area contributed by atoms with Gasteiger partial charge in [0.2, 0.25) is 0 Å². The first-order valence-corrected chi connectivity index (χ1v) is 27.1. The largest absolute Gasteiger partial charge is 0.310 e.